The number of hydrogen-bond donors (Lipinski definition) is 1. The molecule has 3 aromatic carbocycles. The Balaban J connectivity index is 1.93. The van der Waals surface area contributed by atoms with Crippen LogP contribution >= 0.6 is 0 Å². The van der Waals surface area contributed by atoms with Crippen LogP contribution in [0.1, 0.15) is 24.9 Å². The zero-order valence-electron chi connectivity index (χ0n) is 12.9. The van der Waals surface area contributed by atoms with E-state index in [4.69, 9.17) is 0 Å². The van der Waals surface area contributed by atoms with E-state index in [9.17, 15) is 8.42 Å². The largest absolute Gasteiger partial charge is 0.241 e. The topological polar surface area (TPSA) is 46.2 Å². The van der Waals surface area contributed by atoms with Gasteiger partial charge in [-0.3, -0.25) is 0 Å². The van der Waals surface area contributed by atoms with Crippen molar-refractivity contribution >= 4 is 20.8 Å². The number of benzene rings is 3. The molecular weight excluding hydrogens is 306 g/mol. The summed E-state index contributed by atoms with van der Waals surface area (Å²) in [6.45, 7) is 1.97. The maximum atomic E-state index is 12.7. The second-order valence-corrected chi connectivity index (χ2v) is 7.22. The summed E-state index contributed by atoms with van der Waals surface area (Å²) in [6, 6.07) is 22.4. The lowest BCUT2D eigenvalue weighted by Crippen LogP contribution is -2.28. The average Bonchev–Trinajstić information content (AvgIpc) is 2.60. The van der Waals surface area contributed by atoms with Crippen LogP contribution in [0.15, 0.2) is 77.7 Å². The fourth-order valence-electron chi connectivity index (χ4n) is 2.66. The van der Waals surface area contributed by atoms with Crippen molar-refractivity contribution in [2.75, 3.05) is 0 Å². The summed E-state index contributed by atoms with van der Waals surface area (Å²) >= 11 is 0. The molecule has 118 valence electrons. The molecule has 1 atom stereocenters. The molecule has 0 saturated heterocycles. The third kappa shape index (κ3) is 3.44. The van der Waals surface area contributed by atoms with Crippen LogP contribution in [-0.4, -0.2) is 8.42 Å². The normalized spacial score (nSPS) is 13.1. The molecule has 0 aromatic heterocycles. The SMILES string of the molecule is CC[C@@H](NS(=O)(=O)c1ccc2ccccc2c1)c1ccccc1. The molecule has 0 unspecified atom stereocenters. The first-order chi connectivity index (χ1) is 11.1. The molecule has 3 nitrogen and oxygen atoms in total. The quantitative estimate of drug-likeness (QED) is 0.761. The highest BCUT2D eigenvalue weighted by molar-refractivity contribution is 7.89. The van der Waals surface area contributed by atoms with Gasteiger partial charge in [0.2, 0.25) is 10.0 Å². The number of nitrogens with one attached hydrogen (secondary N) is 1. The summed E-state index contributed by atoms with van der Waals surface area (Å²) < 4.78 is 28.2. The number of hydrogen-bond acceptors (Lipinski definition) is 2. The van der Waals surface area contributed by atoms with Crippen LogP contribution in [0.3, 0.4) is 0 Å². The van der Waals surface area contributed by atoms with E-state index in [0.29, 0.717) is 11.3 Å². The second-order valence-electron chi connectivity index (χ2n) is 5.50. The maximum absolute atomic E-state index is 12.7. The Morgan fingerprint density at radius 1 is 0.870 bits per heavy atom. The summed E-state index contributed by atoms with van der Waals surface area (Å²) in [5.74, 6) is 0. The van der Waals surface area contributed by atoms with E-state index in [1.165, 1.54) is 0 Å². The summed E-state index contributed by atoms with van der Waals surface area (Å²) in [5, 5.41) is 1.95. The van der Waals surface area contributed by atoms with E-state index in [1.54, 1.807) is 12.1 Å². The molecule has 0 spiro atoms. The van der Waals surface area contributed by atoms with Crippen LogP contribution in [0, 0.1) is 0 Å². The third-order valence-corrected chi connectivity index (χ3v) is 5.41. The molecule has 0 amide bonds. The van der Waals surface area contributed by atoms with Crippen molar-refractivity contribution in [3.63, 3.8) is 0 Å². The van der Waals surface area contributed by atoms with Crippen molar-refractivity contribution in [1.82, 2.24) is 4.72 Å². The van der Waals surface area contributed by atoms with Crippen molar-refractivity contribution in [1.29, 1.82) is 0 Å². The molecule has 0 fully saturated rings. The maximum Gasteiger partial charge on any atom is 0.241 e. The molecule has 0 aliphatic rings. The standard InChI is InChI=1S/C19H19NO2S/c1-2-19(16-9-4-3-5-10-16)20-23(21,22)18-13-12-15-8-6-7-11-17(15)14-18/h3-14,19-20H,2H2,1H3/t19-/m1/s1. The lowest BCUT2D eigenvalue weighted by atomic mass is 10.1. The van der Waals surface area contributed by atoms with Crippen LogP contribution < -0.4 is 4.72 Å². The monoisotopic (exact) mass is 325 g/mol. The molecule has 23 heavy (non-hydrogen) atoms. The highest BCUT2D eigenvalue weighted by Gasteiger charge is 2.20. The Morgan fingerprint density at radius 2 is 1.52 bits per heavy atom. The molecule has 0 heterocycles. The Bertz CT molecular complexity index is 905. The van der Waals surface area contributed by atoms with Gasteiger partial charge >= 0.3 is 0 Å². The smallest absolute Gasteiger partial charge is 0.207 e. The first-order valence-corrected chi connectivity index (χ1v) is 9.14. The first kappa shape index (κ1) is 15.7. The molecular formula is C19H19NO2S. The van der Waals surface area contributed by atoms with E-state index in [-0.39, 0.29) is 6.04 Å². The molecule has 0 bridgehead atoms. The zero-order valence-corrected chi connectivity index (χ0v) is 13.8. The van der Waals surface area contributed by atoms with Crippen molar-refractivity contribution in [2.24, 2.45) is 0 Å². The van der Waals surface area contributed by atoms with Gasteiger partial charge < -0.3 is 0 Å². The molecule has 3 aromatic rings. The summed E-state index contributed by atoms with van der Waals surface area (Å²) in [4.78, 5) is 0.297. The predicted molar refractivity (Wildman–Crippen MR) is 93.7 cm³/mol. The van der Waals surface area contributed by atoms with Crippen LogP contribution in [0.25, 0.3) is 10.8 Å². The summed E-state index contributed by atoms with van der Waals surface area (Å²) in [5.41, 5.74) is 0.972. The van der Waals surface area contributed by atoms with Crippen LogP contribution in [0.5, 0.6) is 0 Å². The van der Waals surface area contributed by atoms with Gasteiger partial charge in [0.25, 0.3) is 0 Å². The molecule has 4 heteroatoms. The van der Waals surface area contributed by atoms with E-state index in [2.05, 4.69) is 4.72 Å². The predicted octanol–water partition coefficient (Wildman–Crippen LogP) is 4.27. The van der Waals surface area contributed by atoms with Gasteiger partial charge in [-0.05, 0) is 34.9 Å². The Morgan fingerprint density at radius 3 is 2.22 bits per heavy atom. The van der Waals surface area contributed by atoms with Crippen LogP contribution in [0.4, 0.5) is 0 Å². The molecule has 0 aliphatic carbocycles. The van der Waals surface area contributed by atoms with Crippen LogP contribution in [-0.2, 0) is 10.0 Å². The highest BCUT2D eigenvalue weighted by atomic mass is 32.2. The lowest BCUT2D eigenvalue weighted by molar-refractivity contribution is 0.550. The van der Waals surface area contributed by atoms with Crippen molar-refractivity contribution in [3.05, 3.63) is 78.4 Å². The first-order valence-electron chi connectivity index (χ1n) is 7.66. The highest BCUT2D eigenvalue weighted by Crippen LogP contribution is 2.22. The molecule has 0 saturated carbocycles. The van der Waals surface area contributed by atoms with Gasteiger partial charge in [0.15, 0.2) is 0 Å². The minimum Gasteiger partial charge on any atom is -0.207 e. The lowest BCUT2D eigenvalue weighted by Gasteiger charge is -2.17. The average molecular weight is 325 g/mol. The van der Waals surface area contributed by atoms with E-state index < -0.39 is 10.0 Å². The minimum absolute atomic E-state index is 0.229. The number of fused-ring (bicyclic) bond motifs is 1. The number of sulfonamides is 1. The molecule has 3 rings (SSSR count). The fraction of sp³-hybridized carbons (Fsp3) is 0.158. The minimum atomic E-state index is -3.56. The zero-order chi connectivity index (χ0) is 16.3. The Labute approximate surface area is 137 Å². The Hall–Kier alpha value is -2.17. The Kier molecular flexibility index (Phi) is 4.46. The van der Waals surface area contributed by atoms with Crippen LogP contribution in [0.2, 0.25) is 0 Å². The molecule has 1 N–H and O–H groups in total. The summed E-state index contributed by atoms with van der Waals surface area (Å²) in [7, 11) is -3.56. The van der Waals surface area contributed by atoms with Gasteiger partial charge in [-0.25, -0.2) is 13.1 Å². The number of rotatable bonds is 5. The van der Waals surface area contributed by atoms with Crippen molar-refractivity contribution in [3.8, 4) is 0 Å². The second kappa shape index (κ2) is 6.52. The third-order valence-electron chi connectivity index (χ3n) is 3.94. The van der Waals surface area contributed by atoms with Crippen molar-refractivity contribution < 1.29 is 8.42 Å². The van der Waals surface area contributed by atoms with E-state index >= 15 is 0 Å². The van der Waals surface area contributed by atoms with Gasteiger partial charge in [-0.2, -0.15) is 0 Å². The molecule has 0 radical (unpaired) electrons. The summed E-state index contributed by atoms with van der Waals surface area (Å²) in [6.07, 6.45) is 0.691. The molecule has 0 aliphatic heterocycles. The van der Waals surface area contributed by atoms with Crippen molar-refractivity contribution in [2.45, 2.75) is 24.3 Å². The van der Waals surface area contributed by atoms with E-state index in [1.807, 2.05) is 67.6 Å². The van der Waals surface area contributed by atoms with Gasteiger partial charge in [-0.1, -0.05) is 67.6 Å². The van der Waals surface area contributed by atoms with Gasteiger partial charge in [-0.15, -0.1) is 0 Å². The van der Waals surface area contributed by atoms with Gasteiger partial charge in [0, 0.05) is 6.04 Å². The van der Waals surface area contributed by atoms with Gasteiger partial charge in [0.1, 0.15) is 0 Å². The van der Waals surface area contributed by atoms with Gasteiger partial charge in [0.05, 0.1) is 4.90 Å². The van der Waals surface area contributed by atoms with E-state index in [0.717, 1.165) is 16.3 Å². The fourth-order valence-corrected chi connectivity index (χ4v) is 4.01.